The molecule has 2 heterocycles. The fraction of sp³-hybridized carbons (Fsp3) is 0.533. The molecule has 6 nitrogen and oxygen atoms in total. The highest BCUT2D eigenvalue weighted by Crippen LogP contribution is 2.54. The molecule has 0 unspecified atom stereocenters. The summed E-state index contributed by atoms with van der Waals surface area (Å²) >= 11 is 0.921. The van der Waals surface area contributed by atoms with Gasteiger partial charge in [0.1, 0.15) is 10.4 Å². The molecule has 0 aromatic carbocycles. The fourth-order valence-corrected chi connectivity index (χ4v) is 4.12. The minimum absolute atomic E-state index is 0.0154. The van der Waals surface area contributed by atoms with E-state index in [-0.39, 0.29) is 46.7 Å². The van der Waals surface area contributed by atoms with Crippen molar-refractivity contribution in [1.29, 1.82) is 0 Å². The van der Waals surface area contributed by atoms with Gasteiger partial charge in [-0.05, 0) is 25.3 Å². The average Bonchev–Trinajstić information content (AvgIpc) is 3.26. The second kappa shape index (κ2) is 5.80. The van der Waals surface area contributed by atoms with Crippen molar-refractivity contribution >= 4 is 27.8 Å². The van der Waals surface area contributed by atoms with Gasteiger partial charge in [0.15, 0.2) is 6.29 Å². The molecule has 0 bridgehead atoms. The van der Waals surface area contributed by atoms with Gasteiger partial charge in [-0.3, -0.25) is 14.2 Å². The van der Waals surface area contributed by atoms with Gasteiger partial charge in [-0.15, -0.1) is 11.3 Å². The number of carbonyl (C=O) groups excluding carboxylic acids is 1. The molecule has 0 aliphatic heterocycles. The van der Waals surface area contributed by atoms with Gasteiger partial charge in [-0.2, -0.15) is 13.2 Å². The van der Waals surface area contributed by atoms with E-state index in [9.17, 15) is 27.6 Å². The molecule has 0 saturated heterocycles. The molecule has 1 aliphatic carbocycles. The minimum Gasteiger partial charge on any atom is -0.383 e. The van der Waals surface area contributed by atoms with Crippen molar-refractivity contribution in [2.24, 2.45) is 0 Å². The van der Waals surface area contributed by atoms with Crippen LogP contribution in [0.15, 0.2) is 9.59 Å². The summed E-state index contributed by atoms with van der Waals surface area (Å²) in [7, 11) is 1.40. The molecule has 0 spiro atoms. The topological polar surface area (TPSA) is 70.3 Å². The lowest BCUT2D eigenvalue weighted by molar-refractivity contribution is -0.181. The smallest absolute Gasteiger partial charge is 0.383 e. The van der Waals surface area contributed by atoms with Crippen LogP contribution in [-0.2, 0) is 16.8 Å². The van der Waals surface area contributed by atoms with E-state index in [0.29, 0.717) is 10.9 Å². The number of aryl methyl sites for hydroxylation is 1. The number of fused-ring (bicyclic) bond motifs is 1. The monoisotopic (exact) mass is 376 g/mol. The summed E-state index contributed by atoms with van der Waals surface area (Å²) in [4.78, 5) is 37.1. The fourth-order valence-electron chi connectivity index (χ4n) is 2.99. The van der Waals surface area contributed by atoms with Gasteiger partial charge in [-0.1, -0.05) is 0 Å². The van der Waals surface area contributed by atoms with Crippen LogP contribution in [0.2, 0.25) is 0 Å². The quantitative estimate of drug-likeness (QED) is 0.749. The molecule has 136 valence electrons. The number of halogens is 3. The third-order valence-corrected chi connectivity index (χ3v) is 5.79. The van der Waals surface area contributed by atoms with Crippen molar-refractivity contribution in [2.75, 3.05) is 13.7 Å². The van der Waals surface area contributed by atoms with Gasteiger partial charge in [0.2, 0.25) is 0 Å². The Kier molecular flexibility index (Phi) is 4.15. The van der Waals surface area contributed by atoms with Crippen molar-refractivity contribution in [3.8, 4) is 0 Å². The Bertz CT molecular complexity index is 966. The molecule has 1 fully saturated rings. The van der Waals surface area contributed by atoms with Crippen LogP contribution >= 0.6 is 11.3 Å². The zero-order valence-corrected chi connectivity index (χ0v) is 14.3. The summed E-state index contributed by atoms with van der Waals surface area (Å²) in [5.41, 5.74) is -4.19. The van der Waals surface area contributed by atoms with Gasteiger partial charge in [0.25, 0.3) is 5.56 Å². The molecule has 25 heavy (non-hydrogen) atoms. The molecule has 3 rings (SSSR count). The van der Waals surface area contributed by atoms with Crippen molar-refractivity contribution in [2.45, 2.75) is 38.0 Å². The largest absolute Gasteiger partial charge is 0.412 e. The molecule has 0 N–H and O–H groups in total. The lowest BCUT2D eigenvalue weighted by Crippen LogP contribution is -2.51. The van der Waals surface area contributed by atoms with Crippen LogP contribution in [0.1, 0.15) is 28.1 Å². The molecule has 0 amide bonds. The van der Waals surface area contributed by atoms with E-state index in [1.165, 1.54) is 14.0 Å². The van der Waals surface area contributed by atoms with E-state index in [2.05, 4.69) is 0 Å². The van der Waals surface area contributed by atoms with Gasteiger partial charge < -0.3 is 4.74 Å². The zero-order chi connectivity index (χ0) is 18.6. The van der Waals surface area contributed by atoms with E-state index in [4.69, 9.17) is 4.74 Å². The third-order valence-electron chi connectivity index (χ3n) is 4.55. The summed E-state index contributed by atoms with van der Waals surface area (Å²) < 4.78 is 46.9. The molecular formula is C15H15F3N2O4S. The number of aromatic nitrogens is 2. The van der Waals surface area contributed by atoms with E-state index < -0.39 is 23.0 Å². The highest BCUT2D eigenvalue weighted by Gasteiger charge is 2.66. The average molecular weight is 376 g/mol. The number of hydrogen-bond donors (Lipinski definition) is 0. The first-order valence-corrected chi connectivity index (χ1v) is 8.31. The normalized spacial score (nSPS) is 16.4. The summed E-state index contributed by atoms with van der Waals surface area (Å²) in [6, 6.07) is 0. The number of carbonyl (C=O) groups is 1. The van der Waals surface area contributed by atoms with Crippen molar-refractivity contribution in [3.05, 3.63) is 31.3 Å². The third kappa shape index (κ3) is 2.46. The first-order valence-electron chi connectivity index (χ1n) is 7.50. The maximum atomic E-state index is 13.5. The summed E-state index contributed by atoms with van der Waals surface area (Å²) in [5, 5.41) is -0.0154. The van der Waals surface area contributed by atoms with Crippen LogP contribution in [-0.4, -0.2) is 35.3 Å². The molecule has 0 radical (unpaired) electrons. The summed E-state index contributed by atoms with van der Waals surface area (Å²) in [6.45, 7) is 1.56. The number of nitrogens with zero attached hydrogens (tertiary/aromatic N) is 2. The molecule has 0 atom stereocenters. The highest BCUT2D eigenvalue weighted by atomic mass is 32.1. The molecule has 1 aliphatic rings. The van der Waals surface area contributed by atoms with Crippen LogP contribution in [0.4, 0.5) is 13.2 Å². The van der Waals surface area contributed by atoms with E-state index in [0.717, 1.165) is 15.9 Å². The second-order valence-corrected chi connectivity index (χ2v) is 7.02. The van der Waals surface area contributed by atoms with Crippen molar-refractivity contribution in [1.82, 2.24) is 9.13 Å². The molecule has 1 saturated carbocycles. The van der Waals surface area contributed by atoms with Gasteiger partial charge in [0, 0.05) is 7.11 Å². The minimum atomic E-state index is -4.71. The Morgan fingerprint density at radius 1 is 1.32 bits per heavy atom. The molecule has 2 aromatic heterocycles. The van der Waals surface area contributed by atoms with Crippen LogP contribution in [0, 0.1) is 6.92 Å². The predicted octanol–water partition coefficient (Wildman–Crippen LogP) is 2.04. The Morgan fingerprint density at radius 3 is 2.44 bits per heavy atom. The maximum absolute atomic E-state index is 13.5. The van der Waals surface area contributed by atoms with Gasteiger partial charge >= 0.3 is 11.9 Å². The van der Waals surface area contributed by atoms with Gasteiger partial charge in [0.05, 0.1) is 23.4 Å². The Morgan fingerprint density at radius 2 is 1.96 bits per heavy atom. The van der Waals surface area contributed by atoms with Crippen LogP contribution < -0.4 is 11.2 Å². The van der Waals surface area contributed by atoms with Crippen LogP contribution in [0.5, 0.6) is 0 Å². The first kappa shape index (κ1) is 17.9. The molecular weight excluding hydrogens is 361 g/mol. The van der Waals surface area contributed by atoms with E-state index >= 15 is 0 Å². The number of hydrogen-bond acceptors (Lipinski definition) is 5. The number of ether oxygens (including phenoxy) is 1. The van der Waals surface area contributed by atoms with Crippen molar-refractivity contribution in [3.63, 3.8) is 0 Å². The SMILES string of the molecule is COCCn1c(=O)n(C2(C(F)(F)F)CC2)c(=O)c2c(C)c(C=O)sc21. The van der Waals surface area contributed by atoms with Gasteiger partial charge in [-0.25, -0.2) is 9.36 Å². The number of methoxy groups -OCH3 is 1. The second-order valence-electron chi connectivity index (χ2n) is 5.99. The zero-order valence-electron chi connectivity index (χ0n) is 13.5. The lowest BCUT2D eigenvalue weighted by atomic mass is 10.2. The van der Waals surface area contributed by atoms with Crippen molar-refractivity contribution < 1.29 is 22.7 Å². The van der Waals surface area contributed by atoms with Crippen LogP contribution in [0.25, 0.3) is 10.2 Å². The Labute approximate surface area is 143 Å². The summed E-state index contributed by atoms with van der Waals surface area (Å²) in [6.07, 6.45) is -4.80. The lowest BCUT2D eigenvalue weighted by Gasteiger charge is -2.22. The number of thiophene rings is 1. The Hall–Kier alpha value is -1.94. The molecule has 2 aromatic rings. The highest BCUT2D eigenvalue weighted by molar-refractivity contribution is 7.20. The summed E-state index contributed by atoms with van der Waals surface area (Å²) in [5.74, 6) is 0. The maximum Gasteiger partial charge on any atom is 0.412 e. The Balaban J connectivity index is 2.43. The first-order chi connectivity index (χ1) is 11.7. The van der Waals surface area contributed by atoms with Crippen LogP contribution in [0.3, 0.4) is 0 Å². The van der Waals surface area contributed by atoms with E-state index in [1.807, 2.05) is 0 Å². The molecule has 10 heteroatoms. The standard InChI is InChI=1S/C15H15F3N2O4S/c1-8-9(7-21)25-12-10(8)11(22)20(13(23)19(12)5-6-24-2)14(3-4-14)15(16,17)18/h7H,3-6H2,1-2H3. The predicted molar refractivity (Wildman–Crippen MR) is 85.6 cm³/mol. The number of rotatable bonds is 5. The number of alkyl halides is 3. The number of aldehydes is 1. The van der Waals surface area contributed by atoms with E-state index in [1.54, 1.807) is 0 Å².